The molecule has 0 radical (unpaired) electrons. The number of rotatable bonds is 8. The van der Waals surface area contributed by atoms with Crippen molar-refractivity contribution in [2.75, 3.05) is 29.9 Å². The Morgan fingerprint density at radius 2 is 1.52 bits per heavy atom. The summed E-state index contributed by atoms with van der Waals surface area (Å²) in [7, 11) is 0. The van der Waals surface area contributed by atoms with Gasteiger partial charge in [0.1, 0.15) is 0 Å². The Labute approximate surface area is 140 Å². The van der Waals surface area contributed by atoms with Gasteiger partial charge in [0.2, 0.25) is 11.9 Å². The van der Waals surface area contributed by atoms with Gasteiger partial charge in [-0.15, -0.1) is 0 Å². The van der Waals surface area contributed by atoms with Crippen LogP contribution in [0.1, 0.15) is 27.2 Å². The Morgan fingerprint density at radius 1 is 0.960 bits per heavy atom. The first-order valence-corrected chi connectivity index (χ1v) is 7.57. The highest BCUT2D eigenvalue weighted by atomic mass is 19.4. The molecule has 0 saturated carbocycles. The fourth-order valence-electron chi connectivity index (χ4n) is 1.79. The molecule has 0 saturated heterocycles. The summed E-state index contributed by atoms with van der Waals surface area (Å²) in [6.45, 7) is 6.47. The monoisotopic (exact) mass is 375 g/mol. The Kier molecular flexibility index (Phi) is 7.06. The maximum absolute atomic E-state index is 12.7. The fourth-order valence-corrected chi connectivity index (χ4v) is 1.79. The van der Waals surface area contributed by atoms with E-state index in [2.05, 4.69) is 25.0 Å². The van der Waals surface area contributed by atoms with Gasteiger partial charge >= 0.3 is 18.4 Å². The van der Waals surface area contributed by atoms with Crippen LogP contribution in [0.3, 0.4) is 0 Å². The Balaban J connectivity index is 3.25. The van der Waals surface area contributed by atoms with E-state index in [1.54, 1.807) is 18.7 Å². The lowest BCUT2D eigenvalue weighted by molar-refractivity contribution is -0.301. The average molecular weight is 375 g/mol. The molecule has 0 atom stereocenters. The predicted molar refractivity (Wildman–Crippen MR) is 78.7 cm³/mol. The van der Waals surface area contributed by atoms with E-state index < -0.39 is 24.5 Å². The molecule has 1 rings (SSSR count). The van der Waals surface area contributed by atoms with Crippen molar-refractivity contribution in [3.05, 3.63) is 0 Å². The third-order valence-corrected chi connectivity index (χ3v) is 3.00. The molecule has 0 aliphatic rings. The van der Waals surface area contributed by atoms with Gasteiger partial charge in [-0.25, -0.2) is 0 Å². The van der Waals surface area contributed by atoms with Gasteiger partial charge in [-0.2, -0.15) is 41.3 Å². The van der Waals surface area contributed by atoms with Gasteiger partial charge in [-0.05, 0) is 20.3 Å². The van der Waals surface area contributed by atoms with Gasteiger partial charge in [-0.1, -0.05) is 6.92 Å². The normalized spacial score (nSPS) is 12.4. The SMILES string of the molecule is CCCNc1nc(OC(C(F)(F)F)C(F)(F)F)nc(N(CC)CC)n1. The van der Waals surface area contributed by atoms with Gasteiger partial charge in [0, 0.05) is 19.6 Å². The molecule has 12 heteroatoms. The maximum atomic E-state index is 12.7. The van der Waals surface area contributed by atoms with Gasteiger partial charge in [-0.3, -0.25) is 0 Å². The van der Waals surface area contributed by atoms with Crippen molar-refractivity contribution < 1.29 is 31.1 Å². The van der Waals surface area contributed by atoms with Gasteiger partial charge in [0.15, 0.2) is 0 Å². The number of hydrogen-bond acceptors (Lipinski definition) is 6. The summed E-state index contributed by atoms with van der Waals surface area (Å²) in [5.41, 5.74) is 0. The number of alkyl halides is 6. The number of nitrogens with zero attached hydrogens (tertiary/aromatic N) is 4. The third kappa shape index (κ3) is 6.09. The lowest BCUT2D eigenvalue weighted by atomic mass is 10.3. The lowest BCUT2D eigenvalue weighted by Crippen LogP contribution is -2.47. The van der Waals surface area contributed by atoms with E-state index in [-0.39, 0.29) is 11.9 Å². The minimum absolute atomic E-state index is 0.0725. The first-order chi connectivity index (χ1) is 11.5. The zero-order valence-electron chi connectivity index (χ0n) is 13.9. The molecule has 1 aromatic heterocycles. The molecule has 6 nitrogen and oxygen atoms in total. The van der Waals surface area contributed by atoms with E-state index in [0.717, 1.165) is 0 Å². The highest BCUT2D eigenvalue weighted by Gasteiger charge is 2.59. The second-order valence-electron chi connectivity index (χ2n) is 4.92. The van der Waals surface area contributed by atoms with Gasteiger partial charge in [0.25, 0.3) is 6.10 Å². The van der Waals surface area contributed by atoms with Gasteiger partial charge < -0.3 is 15.0 Å². The molecule has 1 N–H and O–H groups in total. The zero-order chi connectivity index (χ0) is 19.3. The van der Waals surface area contributed by atoms with Crippen molar-refractivity contribution in [2.24, 2.45) is 0 Å². The van der Waals surface area contributed by atoms with Crippen LogP contribution in [0, 0.1) is 0 Å². The summed E-state index contributed by atoms with van der Waals surface area (Å²) < 4.78 is 80.0. The topological polar surface area (TPSA) is 63.2 Å². The molecule has 0 spiro atoms. The summed E-state index contributed by atoms with van der Waals surface area (Å²) >= 11 is 0. The van der Waals surface area contributed by atoms with Crippen LogP contribution in [-0.2, 0) is 0 Å². The number of anilines is 2. The number of halogens is 6. The first-order valence-electron chi connectivity index (χ1n) is 7.57. The highest BCUT2D eigenvalue weighted by molar-refractivity contribution is 5.38. The first kappa shape index (κ1) is 21.0. The second-order valence-corrected chi connectivity index (χ2v) is 4.92. The van der Waals surface area contributed by atoms with Crippen molar-refractivity contribution in [3.63, 3.8) is 0 Å². The standard InChI is InChI=1S/C13H19F6N5O/c1-4-7-20-9-21-10(24(5-2)6-3)23-11(22-9)25-8(12(14,15)16)13(17,18)19/h8H,4-7H2,1-3H3,(H,20,21,22,23). The molecule has 1 heterocycles. The van der Waals surface area contributed by atoms with Gasteiger partial charge in [0.05, 0.1) is 0 Å². The molecule has 144 valence electrons. The Hall–Kier alpha value is -2.01. The van der Waals surface area contributed by atoms with E-state index in [0.29, 0.717) is 26.1 Å². The predicted octanol–water partition coefficient (Wildman–Crippen LogP) is 3.41. The number of nitrogens with one attached hydrogen (secondary N) is 1. The van der Waals surface area contributed by atoms with Crippen LogP contribution in [0.15, 0.2) is 0 Å². The molecule has 0 aliphatic carbocycles. The van der Waals surface area contributed by atoms with E-state index in [1.165, 1.54) is 0 Å². The smallest absolute Gasteiger partial charge is 0.434 e. The fraction of sp³-hybridized carbons (Fsp3) is 0.769. The molecule has 0 aliphatic heterocycles. The number of ether oxygens (including phenoxy) is 1. The van der Waals surface area contributed by atoms with Crippen molar-refractivity contribution in [2.45, 2.75) is 45.6 Å². The third-order valence-electron chi connectivity index (χ3n) is 3.00. The van der Waals surface area contributed by atoms with Crippen molar-refractivity contribution in [1.29, 1.82) is 0 Å². The van der Waals surface area contributed by atoms with E-state index in [1.807, 2.05) is 6.92 Å². The van der Waals surface area contributed by atoms with E-state index in [4.69, 9.17) is 0 Å². The Bertz CT molecular complexity index is 533. The average Bonchev–Trinajstić information content (AvgIpc) is 2.49. The van der Waals surface area contributed by atoms with Crippen LogP contribution in [0.2, 0.25) is 0 Å². The minimum atomic E-state index is -5.66. The summed E-state index contributed by atoms with van der Waals surface area (Å²) in [6, 6.07) is -1.05. The van der Waals surface area contributed by atoms with Crippen LogP contribution < -0.4 is 15.0 Å². The molecular formula is C13H19F6N5O. The minimum Gasteiger partial charge on any atom is -0.440 e. The van der Waals surface area contributed by atoms with Crippen molar-refractivity contribution in [3.8, 4) is 6.01 Å². The molecule has 25 heavy (non-hydrogen) atoms. The second kappa shape index (κ2) is 8.39. The van der Waals surface area contributed by atoms with Crippen molar-refractivity contribution in [1.82, 2.24) is 15.0 Å². The highest BCUT2D eigenvalue weighted by Crippen LogP contribution is 2.36. The van der Waals surface area contributed by atoms with Crippen LogP contribution in [0.25, 0.3) is 0 Å². The molecule has 0 bridgehead atoms. The summed E-state index contributed by atoms with van der Waals surface area (Å²) in [4.78, 5) is 12.6. The zero-order valence-corrected chi connectivity index (χ0v) is 13.9. The Morgan fingerprint density at radius 3 is 1.96 bits per heavy atom. The lowest BCUT2D eigenvalue weighted by Gasteiger charge is -2.24. The van der Waals surface area contributed by atoms with Crippen LogP contribution in [0.5, 0.6) is 6.01 Å². The largest absolute Gasteiger partial charge is 0.440 e. The molecular weight excluding hydrogens is 356 g/mol. The molecule has 1 aromatic rings. The number of hydrogen-bond donors (Lipinski definition) is 1. The van der Waals surface area contributed by atoms with E-state index >= 15 is 0 Å². The maximum Gasteiger partial charge on any atom is 0.434 e. The molecule has 0 fully saturated rings. The molecule has 0 aromatic carbocycles. The molecule has 0 unspecified atom stereocenters. The quantitative estimate of drug-likeness (QED) is 0.703. The van der Waals surface area contributed by atoms with Crippen LogP contribution in [0.4, 0.5) is 38.2 Å². The summed E-state index contributed by atoms with van der Waals surface area (Å²) in [5.74, 6) is -0.228. The molecule has 0 amide bonds. The van der Waals surface area contributed by atoms with Crippen LogP contribution >= 0.6 is 0 Å². The number of aromatic nitrogens is 3. The van der Waals surface area contributed by atoms with Crippen LogP contribution in [-0.4, -0.2) is 53.0 Å². The summed E-state index contributed by atoms with van der Waals surface area (Å²) in [5, 5.41) is 2.70. The van der Waals surface area contributed by atoms with Crippen molar-refractivity contribution >= 4 is 11.9 Å². The summed E-state index contributed by atoms with van der Waals surface area (Å²) in [6.07, 6.45) is -14.7. The van der Waals surface area contributed by atoms with E-state index in [9.17, 15) is 26.3 Å².